The Kier molecular flexibility index (Phi) is 4.95. The van der Waals surface area contributed by atoms with Crippen LogP contribution in [0.2, 0.25) is 0 Å². The Morgan fingerprint density at radius 3 is 2.46 bits per heavy atom. The third-order valence-corrected chi connectivity index (χ3v) is 5.76. The number of anilines is 1. The number of nitrogens with one attached hydrogen (secondary N) is 1. The summed E-state index contributed by atoms with van der Waals surface area (Å²) in [5.41, 5.74) is 0.633. The number of carbonyl (C=O) groups is 2. The normalized spacial score (nSPS) is 20.4. The van der Waals surface area contributed by atoms with Crippen LogP contribution in [0.4, 0.5) is 5.13 Å². The molecule has 1 aliphatic carbocycles. The number of amides is 1. The van der Waals surface area contributed by atoms with Crippen molar-refractivity contribution in [1.29, 1.82) is 0 Å². The lowest BCUT2D eigenvalue weighted by atomic mass is 10.1. The monoisotopic (exact) mass is 375 g/mol. The minimum absolute atomic E-state index is 0.305. The van der Waals surface area contributed by atoms with E-state index < -0.39 is 23.2 Å². The van der Waals surface area contributed by atoms with Crippen molar-refractivity contribution in [3.63, 3.8) is 0 Å². The third-order valence-electron chi connectivity index (χ3n) is 4.86. The molecule has 2 N–H and O–H groups in total. The van der Waals surface area contributed by atoms with Crippen LogP contribution in [-0.4, -0.2) is 34.3 Å². The summed E-state index contributed by atoms with van der Waals surface area (Å²) < 4.78 is 5.14. The van der Waals surface area contributed by atoms with Gasteiger partial charge in [0, 0.05) is 6.42 Å². The lowest BCUT2D eigenvalue weighted by Crippen LogP contribution is -2.17. The van der Waals surface area contributed by atoms with E-state index in [4.69, 9.17) is 4.74 Å². The average Bonchev–Trinajstić information content (AvgIpc) is 2.95. The first-order valence-electron chi connectivity index (χ1n) is 8.32. The molecule has 0 saturated heterocycles. The summed E-state index contributed by atoms with van der Waals surface area (Å²) in [5.74, 6) is -1.61. The molecule has 0 bridgehead atoms. The number of benzene rings is 1. The first kappa shape index (κ1) is 18.3. The van der Waals surface area contributed by atoms with Gasteiger partial charge in [0.1, 0.15) is 10.8 Å². The van der Waals surface area contributed by atoms with Crippen molar-refractivity contribution in [2.24, 2.45) is 17.3 Å². The molecule has 138 valence electrons. The van der Waals surface area contributed by atoms with E-state index in [1.165, 1.54) is 11.3 Å². The van der Waals surface area contributed by atoms with Gasteiger partial charge in [-0.05, 0) is 29.5 Å². The van der Waals surface area contributed by atoms with Gasteiger partial charge in [-0.25, -0.2) is 0 Å². The fourth-order valence-corrected chi connectivity index (χ4v) is 3.96. The predicted molar refractivity (Wildman–Crippen MR) is 97.3 cm³/mol. The van der Waals surface area contributed by atoms with Gasteiger partial charge in [0.05, 0.1) is 18.9 Å². The van der Waals surface area contributed by atoms with E-state index in [0.717, 1.165) is 22.7 Å². The van der Waals surface area contributed by atoms with Crippen molar-refractivity contribution in [1.82, 2.24) is 10.2 Å². The average molecular weight is 375 g/mol. The molecule has 0 radical (unpaired) electrons. The van der Waals surface area contributed by atoms with E-state index in [0.29, 0.717) is 11.6 Å². The van der Waals surface area contributed by atoms with Gasteiger partial charge in [-0.2, -0.15) is 0 Å². The van der Waals surface area contributed by atoms with Crippen LogP contribution >= 0.6 is 11.3 Å². The molecular formula is C18H21N3O4S. The van der Waals surface area contributed by atoms with Gasteiger partial charge < -0.3 is 15.2 Å². The highest BCUT2D eigenvalue weighted by Crippen LogP contribution is 2.58. The largest absolute Gasteiger partial charge is 0.497 e. The number of hydrogen-bond acceptors (Lipinski definition) is 6. The minimum Gasteiger partial charge on any atom is -0.497 e. The Morgan fingerprint density at radius 1 is 1.19 bits per heavy atom. The molecule has 1 fully saturated rings. The van der Waals surface area contributed by atoms with Gasteiger partial charge in [0.25, 0.3) is 0 Å². The molecule has 1 aromatic heterocycles. The number of nitrogens with zero attached hydrogens (tertiary/aromatic N) is 2. The van der Waals surface area contributed by atoms with Crippen molar-refractivity contribution >= 4 is 28.3 Å². The lowest BCUT2D eigenvalue weighted by molar-refractivity contribution is -0.140. The second-order valence-electron chi connectivity index (χ2n) is 6.95. The van der Waals surface area contributed by atoms with Crippen LogP contribution < -0.4 is 10.1 Å². The highest BCUT2D eigenvalue weighted by atomic mass is 32.1. The third kappa shape index (κ3) is 3.70. The minimum atomic E-state index is -0.937. The zero-order valence-corrected chi connectivity index (χ0v) is 15.7. The molecule has 2 aromatic rings. The smallest absolute Gasteiger partial charge is 0.307 e. The highest BCUT2D eigenvalue weighted by molar-refractivity contribution is 7.15. The molecule has 0 aliphatic heterocycles. The van der Waals surface area contributed by atoms with Crippen LogP contribution in [0.5, 0.6) is 5.75 Å². The number of carboxylic acid groups (broad SMARTS) is 1. The summed E-state index contributed by atoms with van der Waals surface area (Å²) in [4.78, 5) is 23.5. The molecule has 7 nitrogen and oxygen atoms in total. The molecule has 0 unspecified atom stereocenters. The summed E-state index contributed by atoms with van der Waals surface area (Å²) in [6.45, 7) is 3.58. The van der Waals surface area contributed by atoms with Crippen LogP contribution in [0, 0.1) is 17.3 Å². The summed E-state index contributed by atoms with van der Waals surface area (Å²) in [6, 6.07) is 7.84. The zero-order chi connectivity index (χ0) is 18.9. The SMILES string of the molecule is COc1ccc(CCc2nnc(NC(=O)[C@H]3[C@H](C(=O)O)C3(C)C)s2)cc1. The Labute approximate surface area is 155 Å². The van der Waals surface area contributed by atoms with Gasteiger partial charge >= 0.3 is 5.97 Å². The Bertz CT molecular complexity index is 816. The quantitative estimate of drug-likeness (QED) is 0.771. The van der Waals surface area contributed by atoms with Crippen molar-refractivity contribution in [3.8, 4) is 5.75 Å². The number of rotatable bonds is 7. The Morgan fingerprint density at radius 2 is 1.88 bits per heavy atom. The second kappa shape index (κ2) is 7.03. The zero-order valence-electron chi connectivity index (χ0n) is 14.9. The first-order chi connectivity index (χ1) is 12.3. The Balaban J connectivity index is 1.55. The number of aromatic nitrogens is 2. The fourth-order valence-electron chi connectivity index (χ4n) is 3.22. The molecule has 1 heterocycles. The van der Waals surface area contributed by atoms with Crippen molar-refractivity contribution in [3.05, 3.63) is 34.8 Å². The van der Waals surface area contributed by atoms with E-state index in [2.05, 4.69) is 15.5 Å². The van der Waals surface area contributed by atoms with Crippen molar-refractivity contribution < 1.29 is 19.4 Å². The summed E-state index contributed by atoms with van der Waals surface area (Å²) in [7, 11) is 1.63. The highest BCUT2D eigenvalue weighted by Gasteiger charge is 2.66. The van der Waals surface area contributed by atoms with Crippen LogP contribution in [0.25, 0.3) is 0 Å². The molecular weight excluding hydrogens is 354 g/mol. The van der Waals surface area contributed by atoms with E-state index in [1.807, 2.05) is 24.3 Å². The van der Waals surface area contributed by atoms with Gasteiger partial charge in [0.15, 0.2) is 0 Å². The maximum atomic E-state index is 12.3. The maximum absolute atomic E-state index is 12.3. The number of hydrogen-bond donors (Lipinski definition) is 2. The molecule has 1 aromatic carbocycles. The first-order valence-corrected chi connectivity index (χ1v) is 9.13. The topological polar surface area (TPSA) is 101 Å². The summed E-state index contributed by atoms with van der Waals surface area (Å²) in [5, 5.41) is 21.2. The molecule has 1 amide bonds. The molecule has 1 aliphatic rings. The van der Waals surface area contributed by atoms with Crippen molar-refractivity contribution in [2.45, 2.75) is 26.7 Å². The fraction of sp³-hybridized carbons (Fsp3) is 0.444. The van der Waals surface area contributed by atoms with Gasteiger partial charge in [0.2, 0.25) is 11.0 Å². The molecule has 1 saturated carbocycles. The van der Waals surface area contributed by atoms with E-state index in [9.17, 15) is 14.7 Å². The molecule has 26 heavy (non-hydrogen) atoms. The van der Waals surface area contributed by atoms with Crippen molar-refractivity contribution in [2.75, 3.05) is 12.4 Å². The molecule has 0 spiro atoms. The molecule has 2 atom stereocenters. The van der Waals surface area contributed by atoms with Gasteiger partial charge in [-0.3, -0.25) is 9.59 Å². The van der Waals surface area contributed by atoms with Crippen LogP contribution in [0.15, 0.2) is 24.3 Å². The standard InChI is InChI=1S/C18H21N3O4S/c1-18(2)13(14(18)16(23)24)15(22)19-17-21-20-12(26-17)9-6-10-4-7-11(25-3)8-5-10/h4-5,7-8,13-14H,6,9H2,1-3H3,(H,23,24)(H,19,21,22)/t13-,14-/m1/s1. The molecule has 8 heteroatoms. The predicted octanol–water partition coefficient (Wildman–Crippen LogP) is 2.63. The maximum Gasteiger partial charge on any atom is 0.307 e. The van der Waals surface area contributed by atoms with Crippen LogP contribution in [0.1, 0.15) is 24.4 Å². The summed E-state index contributed by atoms with van der Waals surface area (Å²) in [6.07, 6.45) is 1.52. The number of ether oxygens (including phenoxy) is 1. The Hall–Kier alpha value is -2.48. The second-order valence-corrected chi connectivity index (χ2v) is 8.02. The van der Waals surface area contributed by atoms with E-state index in [-0.39, 0.29) is 5.91 Å². The summed E-state index contributed by atoms with van der Waals surface area (Å²) >= 11 is 1.32. The lowest BCUT2D eigenvalue weighted by Gasteiger charge is -2.02. The van der Waals surface area contributed by atoms with E-state index >= 15 is 0 Å². The van der Waals surface area contributed by atoms with Crippen LogP contribution in [-0.2, 0) is 22.4 Å². The number of methoxy groups -OCH3 is 1. The van der Waals surface area contributed by atoms with Crippen LogP contribution in [0.3, 0.4) is 0 Å². The van der Waals surface area contributed by atoms with Gasteiger partial charge in [-0.15, -0.1) is 10.2 Å². The number of aliphatic carboxylic acids is 1. The number of carbonyl (C=O) groups excluding carboxylic acids is 1. The number of aryl methyl sites for hydroxylation is 2. The molecule has 3 rings (SSSR count). The van der Waals surface area contributed by atoms with Gasteiger partial charge in [-0.1, -0.05) is 37.3 Å². The number of carboxylic acids is 1. The van der Waals surface area contributed by atoms with E-state index in [1.54, 1.807) is 21.0 Å².